The summed E-state index contributed by atoms with van der Waals surface area (Å²) in [6.07, 6.45) is 2.35. The third-order valence-electron chi connectivity index (χ3n) is 2.33. The monoisotopic (exact) mass is 271 g/mol. The fourth-order valence-corrected chi connectivity index (χ4v) is 1.99. The fraction of sp³-hybridized carbons (Fsp3) is 0.545. The summed E-state index contributed by atoms with van der Waals surface area (Å²) in [7, 11) is 0. The summed E-state index contributed by atoms with van der Waals surface area (Å²) in [6.45, 7) is 3.92. The summed E-state index contributed by atoms with van der Waals surface area (Å²) in [5.41, 5.74) is 0. The number of aliphatic carboxylic acids is 1. The van der Waals surface area contributed by atoms with Gasteiger partial charge in [0.25, 0.3) is 0 Å². The van der Waals surface area contributed by atoms with E-state index in [-0.39, 0.29) is 5.92 Å². The van der Waals surface area contributed by atoms with Gasteiger partial charge in [0.05, 0.1) is 5.01 Å². The van der Waals surface area contributed by atoms with Gasteiger partial charge in [-0.25, -0.2) is 14.6 Å². The number of nitrogens with zero attached hydrogens (tertiary/aromatic N) is 1. The Labute approximate surface area is 109 Å². The summed E-state index contributed by atoms with van der Waals surface area (Å²) in [6, 6.07) is -1.34. The van der Waals surface area contributed by atoms with Crippen LogP contribution in [-0.4, -0.2) is 34.7 Å². The number of nitrogens with one attached hydrogen (secondary N) is 2. The van der Waals surface area contributed by atoms with Crippen molar-refractivity contribution in [3.05, 3.63) is 16.6 Å². The van der Waals surface area contributed by atoms with Gasteiger partial charge in [0.1, 0.15) is 6.04 Å². The fourth-order valence-electron chi connectivity index (χ4n) is 1.37. The SMILES string of the molecule is CC(C)C(NC(=O)NCCc1nccs1)C(=O)O. The largest absolute Gasteiger partial charge is 0.480 e. The summed E-state index contributed by atoms with van der Waals surface area (Å²) < 4.78 is 0. The van der Waals surface area contributed by atoms with Gasteiger partial charge in [-0.15, -0.1) is 11.3 Å². The van der Waals surface area contributed by atoms with E-state index in [0.717, 1.165) is 5.01 Å². The Hall–Kier alpha value is -1.63. The van der Waals surface area contributed by atoms with E-state index >= 15 is 0 Å². The highest BCUT2D eigenvalue weighted by molar-refractivity contribution is 7.09. The minimum atomic E-state index is -1.03. The van der Waals surface area contributed by atoms with Crippen molar-refractivity contribution in [2.75, 3.05) is 6.54 Å². The van der Waals surface area contributed by atoms with Crippen molar-refractivity contribution in [3.8, 4) is 0 Å². The lowest BCUT2D eigenvalue weighted by Gasteiger charge is -2.18. The first-order valence-electron chi connectivity index (χ1n) is 5.66. The van der Waals surface area contributed by atoms with Crippen LogP contribution < -0.4 is 10.6 Å². The molecule has 2 amide bonds. The molecule has 0 radical (unpaired) electrons. The van der Waals surface area contributed by atoms with Crippen LogP contribution in [0, 0.1) is 5.92 Å². The van der Waals surface area contributed by atoms with Gasteiger partial charge >= 0.3 is 12.0 Å². The number of rotatable bonds is 6. The number of aromatic nitrogens is 1. The Morgan fingerprint density at radius 1 is 1.50 bits per heavy atom. The zero-order valence-electron chi connectivity index (χ0n) is 10.3. The van der Waals surface area contributed by atoms with Gasteiger partial charge in [-0.05, 0) is 5.92 Å². The molecule has 0 saturated carbocycles. The number of hydrogen-bond donors (Lipinski definition) is 3. The van der Waals surface area contributed by atoms with Crippen LogP contribution in [0.2, 0.25) is 0 Å². The molecule has 1 aromatic rings. The molecule has 1 atom stereocenters. The lowest BCUT2D eigenvalue weighted by Crippen LogP contribution is -2.48. The average Bonchev–Trinajstić information content (AvgIpc) is 2.78. The molecule has 18 heavy (non-hydrogen) atoms. The number of urea groups is 1. The van der Waals surface area contributed by atoms with Crippen molar-refractivity contribution in [3.63, 3.8) is 0 Å². The van der Waals surface area contributed by atoms with E-state index in [4.69, 9.17) is 5.11 Å². The molecular weight excluding hydrogens is 254 g/mol. The first kappa shape index (κ1) is 14.4. The number of carboxylic acid groups (broad SMARTS) is 1. The van der Waals surface area contributed by atoms with Gasteiger partial charge in [0.15, 0.2) is 0 Å². The second-order valence-electron chi connectivity index (χ2n) is 4.14. The second kappa shape index (κ2) is 6.95. The topological polar surface area (TPSA) is 91.3 Å². The maximum absolute atomic E-state index is 11.5. The molecule has 1 aromatic heterocycles. The second-order valence-corrected chi connectivity index (χ2v) is 5.12. The molecule has 0 fully saturated rings. The Morgan fingerprint density at radius 2 is 2.22 bits per heavy atom. The number of amides is 2. The van der Waals surface area contributed by atoms with E-state index in [9.17, 15) is 9.59 Å². The van der Waals surface area contributed by atoms with Gasteiger partial charge < -0.3 is 15.7 Å². The van der Waals surface area contributed by atoms with Crippen molar-refractivity contribution in [2.24, 2.45) is 5.92 Å². The normalized spacial score (nSPS) is 12.2. The molecule has 0 aliphatic heterocycles. The van der Waals surface area contributed by atoms with Gasteiger partial charge in [0, 0.05) is 24.5 Å². The van der Waals surface area contributed by atoms with Crippen LogP contribution in [0.4, 0.5) is 4.79 Å². The van der Waals surface area contributed by atoms with Crippen LogP contribution in [0.3, 0.4) is 0 Å². The molecule has 1 unspecified atom stereocenters. The molecule has 0 aliphatic rings. The molecule has 3 N–H and O–H groups in total. The highest BCUT2D eigenvalue weighted by Crippen LogP contribution is 2.04. The predicted molar refractivity (Wildman–Crippen MR) is 68.6 cm³/mol. The lowest BCUT2D eigenvalue weighted by atomic mass is 10.1. The summed E-state index contributed by atoms with van der Waals surface area (Å²) in [5, 5.41) is 16.8. The summed E-state index contributed by atoms with van der Waals surface area (Å²) >= 11 is 1.52. The molecule has 0 saturated heterocycles. The zero-order valence-corrected chi connectivity index (χ0v) is 11.2. The first-order valence-corrected chi connectivity index (χ1v) is 6.54. The quantitative estimate of drug-likeness (QED) is 0.722. The maximum Gasteiger partial charge on any atom is 0.326 e. The number of carbonyl (C=O) groups is 2. The van der Waals surface area contributed by atoms with E-state index < -0.39 is 18.0 Å². The third-order valence-corrected chi connectivity index (χ3v) is 3.17. The van der Waals surface area contributed by atoms with Crippen LogP contribution in [0.15, 0.2) is 11.6 Å². The average molecular weight is 271 g/mol. The molecule has 6 nitrogen and oxygen atoms in total. The Morgan fingerprint density at radius 3 is 2.72 bits per heavy atom. The van der Waals surface area contributed by atoms with E-state index in [1.807, 2.05) is 5.38 Å². The van der Waals surface area contributed by atoms with Crippen LogP contribution in [-0.2, 0) is 11.2 Å². The summed E-state index contributed by atoms with van der Waals surface area (Å²) in [4.78, 5) is 26.5. The number of carboxylic acids is 1. The molecule has 1 rings (SSSR count). The molecule has 7 heteroatoms. The van der Waals surface area contributed by atoms with E-state index in [1.54, 1.807) is 20.0 Å². The smallest absolute Gasteiger partial charge is 0.326 e. The lowest BCUT2D eigenvalue weighted by molar-refractivity contribution is -0.140. The molecular formula is C11H17N3O3S. The van der Waals surface area contributed by atoms with E-state index in [2.05, 4.69) is 15.6 Å². The number of carbonyl (C=O) groups excluding carboxylic acids is 1. The van der Waals surface area contributed by atoms with Crippen molar-refractivity contribution in [2.45, 2.75) is 26.3 Å². The van der Waals surface area contributed by atoms with Crippen LogP contribution in [0.1, 0.15) is 18.9 Å². The minimum Gasteiger partial charge on any atom is -0.480 e. The molecule has 0 spiro atoms. The highest BCUT2D eigenvalue weighted by Gasteiger charge is 2.22. The molecule has 0 aliphatic carbocycles. The van der Waals surface area contributed by atoms with Crippen molar-refractivity contribution in [1.29, 1.82) is 0 Å². The minimum absolute atomic E-state index is 0.160. The Balaban J connectivity index is 2.30. The Kier molecular flexibility index (Phi) is 5.57. The van der Waals surface area contributed by atoms with Crippen molar-refractivity contribution < 1.29 is 14.7 Å². The van der Waals surface area contributed by atoms with Gasteiger partial charge in [-0.3, -0.25) is 0 Å². The number of thiazole rings is 1. The van der Waals surface area contributed by atoms with Crippen molar-refractivity contribution >= 4 is 23.3 Å². The standard InChI is InChI=1S/C11H17N3O3S/c1-7(2)9(10(15)16)14-11(17)13-4-3-8-12-5-6-18-8/h5-7,9H,3-4H2,1-2H3,(H,15,16)(H2,13,14,17). The maximum atomic E-state index is 11.5. The first-order chi connectivity index (χ1) is 8.50. The van der Waals surface area contributed by atoms with Crippen LogP contribution >= 0.6 is 11.3 Å². The van der Waals surface area contributed by atoms with Crippen LogP contribution in [0.25, 0.3) is 0 Å². The molecule has 1 heterocycles. The Bertz CT molecular complexity index is 392. The third kappa shape index (κ3) is 4.70. The van der Waals surface area contributed by atoms with E-state index in [1.165, 1.54) is 11.3 Å². The van der Waals surface area contributed by atoms with Gasteiger partial charge in [0.2, 0.25) is 0 Å². The predicted octanol–water partition coefficient (Wildman–Crippen LogP) is 1.09. The molecule has 0 aromatic carbocycles. The highest BCUT2D eigenvalue weighted by atomic mass is 32.1. The van der Waals surface area contributed by atoms with E-state index in [0.29, 0.717) is 13.0 Å². The zero-order chi connectivity index (χ0) is 13.5. The molecule has 100 valence electrons. The van der Waals surface area contributed by atoms with Gasteiger partial charge in [-0.2, -0.15) is 0 Å². The summed E-state index contributed by atoms with van der Waals surface area (Å²) in [5.74, 6) is -1.19. The van der Waals surface area contributed by atoms with Gasteiger partial charge in [-0.1, -0.05) is 13.8 Å². The number of hydrogen-bond acceptors (Lipinski definition) is 4. The van der Waals surface area contributed by atoms with Crippen LogP contribution in [0.5, 0.6) is 0 Å². The molecule has 0 bridgehead atoms. The van der Waals surface area contributed by atoms with Crippen molar-refractivity contribution in [1.82, 2.24) is 15.6 Å².